The van der Waals surface area contributed by atoms with E-state index in [0.717, 1.165) is 0 Å². The Kier molecular flexibility index (Phi) is 2.88. The lowest BCUT2D eigenvalue weighted by molar-refractivity contribution is -0.384. The van der Waals surface area contributed by atoms with Gasteiger partial charge in [-0.1, -0.05) is 17.2 Å². The molecule has 0 radical (unpaired) electrons. The summed E-state index contributed by atoms with van der Waals surface area (Å²) < 4.78 is 1.47. The summed E-state index contributed by atoms with van der Waals surface area (Å²) in [5.41, 5.74) is 1.52. The van der Waals surface area contributed by atoms with E-state index in [1.807, 2.05) is 0 Å². The number of non-ortho nitro benzene ring substituents is 1. The molecular weight excluding hydrogens is 316 g/mol. The highest BCUT2D eigenvalue weighted by Crippen LogP contribution is 2.38. The lowest BCUT2D eigenvalue weighted by atomic mass is 9.95. The van der Waals surface area contributed by atoms with E-state index in [-0.39, 0.29) is 17.3 Å². The molecule has 24 heavy (non-hydrogen) atoms. The Hall–Kier alpha value is -3.63. The molecule has 1 atom stereocenters. The van der Waals surface area contributed by atoms with E-state index in [1.54, 1.807) is 19.1 Å². The molecule has 11 nitrogen and oxygen atoms in total. The number of aromatic nitrogens is 6. The molecule has 1 aliphatic rings. The summed E-state index contributed by atoms with van der Waals surface area (Å²) in [6.45, 7) is 1.73. The molecule has 1 aliphatic heterocycles. The van der Waals surface area contributed by atoms with E-state index in [2.05, 4.69) is 31.0 Å². The summed E-state index contributed by atoms with van der Waals surface area (Å²) in [7, 11) is 0. The summed E-state index contributed by atoms with van der Waals surface area (Å²) in [5, 5.41) is 31.7. The van der Waals surface area contributed by atoms with Gasteiger partial charge in [-0.15, -0.1) is 0 Å². The predicted octanol–water partition coefficient (Wildman–Crippen LogP) is 0.668. The average molecular weight is 326 g/mol. The minimum Gasteiger partial charge on any atom is -0.318 e. The number of hydrogen-bond donors (Lipinski definition) is 2. The van der Waals surface area contributed by atoms with Crippen molar-refractivity contribution in [2.75, 3.05) is 5.32 Å². The van der Waals surface area contributed by atoms with Gasteiger partial charge in [0.25, 0.3) is 11.2 Å². The second-order valence-corrected chi connectivity index (χ2v) is 5.25. The lowest BCUT2D eigenvalue weighted by Gasteiger charge is -2.26. The normalized spacial score (nSPS) is 15.3. The molecule has 0 bridgehead atoms. The van der Waals surface area contributed by atoms with Gasteiger partial charge in [-0.3, -0.25) is 14.9 Å². The molecule has 3 heterocycles. The number of H-pyrrole nitrogens is 1. The molecular formula is C13H10N8O3. The van der Waals surface area contributed by atoms with Crippen molar-refractivity contribution in [3.05, 3.63) is 61.6 Å². The van der Waals surface area contributed by atoms with E-state index >= 15 is 0 Å². The first-order valence-corrected chi connectivity index (χ1v) is 6.94. The van der Waals surface area contributed by atoms with Crippen LogP contribution in [0.2, 0.25) is 0 Å². The Labute approximate surface area is 133 Å². The Bertz CT molecular complexity index is 1020. The molecule has 11 heteroatoms. The third kappa shape index (κ3) is 1.95. The number of fused-ring (bicyclic) bond motifs is 2. The Morgan fingerprint density at radius 3 is 3.00 bits per heavy atom. The minimum atomic E-state index is -0.596. The van der Waals surface area contributed by atoms with Gasteiger partial charge in [-0.05, 0) is 22.9 Å². The van der Waals surface area contributed by atoms with Gasteiger partial charge in [0.05, 0.1) is 10.6 Å². The quantitative estimate of drug-likeness (QED) is 0.404. The van der Waals surface area contributed by atoms with Crippen molar-refractivity contribution in [1.82, 2.24) is 30.4 Å². The standard InChI is InChI=1S/C13H10N8O3/c1-6-9-10(12(22)16-15-6)14-13-17-18-19-20(13)11(9)7-3-2-4-8(5-7)21(23)24/h2-5,11H,1H3,(H,16,22)(H,14,17,19)/t11-/m0/s1. The number of hydrogen-bond acceptors (Lipinski definition) is 8. The van der Waals surface area contributed by atoms with Crippen LogP contribution in [0.5, 0.6) is 0 Å². The number of aryl methyl sites for hydroxylation is 1. The smallest absolute Gasteiger partial charge is 0.288 e. The van der Waals surface area contributed by atoms with Gasteiger partial charge in [0.2, 0.25) is 5.95 Å². The SMILES string of the molecule is Cc1n[nH]c(=O)c2c1[C@H](c1cccc([N+](=O)[O-])c1)n1nnnc1N2. The number of nitrogens with one attached hydrogen (secondary N) is 2. The number of nitrogens with zero attached hydrogens (tertiary/aromatic N) is 6. The molecule has 0 unspecified atom stereocenters. The average Bonchev–Trinajstić information content (AvgIpc) is 3.05. The van der Waals surface area contributed by atoms with Crippen molar-refractivity contribution in [3.63, 3.8) is 0 Å². The molecule has 1 aromatic carbocycles. The van der Waals surface area contributed by atoms with Crippen LogP contribution in [0.3, 0.4) is 0 Å². The summed E-state index contributed by atoms with van der Waals surface area (Å²) in [6.07, 6.45) is 0. The van der Waals surface area contributed by atoms with Gasteiger partial charge >= 0.3 is 0 Å². The number of nitro benzene ring substituents is 1. The fourth-order valence-corrected chi connectivity index (χ4v) is 2.81. The van der Waals surface area contributed by atoms with Crippen molar-refractivity contribution >= 4 is 17.3 Å². The van der Waals surface area contributed by atoms with E-state index in [1.165, 1.54) is 16.8 Å². The zero-order valence-electron chi connectivity index (χ0n) is 12.3. The van der Waals surface area contributed by atoms with Crippen molar-refractivity contribution in [3.8, 4) is 0 Å². The van der Waals surface area contributed by atoms with Crippen molar-refractivity contribution in [2.45, 2.75) is 13.0 Å². The fraction of sp³-hybridized carbons (Fsp3) is 0.154. The highest BCUT2D eigenvalue weighted by Gasteiger charge is 2.33. The summed E-state index contributed by atoms with van der Waals surface area (Å²) in [5.74, 6) is 0.273. The van der Waals surface area contributed by atoms with E-state index in [9.17, 15) is 14.9 Å². The van der Waals surface area contributed by atoms with Crippen LogP contribution in [0, 0.1) is 17.0 Å². The maximum absolute atomic E-state index is 12.1. The molecule has 0 saturated heterocycles. The molecule has 4 rings (SSSR count). The summed E-state index contributed by atoms with van der Waals surface area (Å²) >= 11 is 0. The molecule has 2 N–H and O–H groups in total. The first kappa shape index (κ1) is 14.0. The maximum atomic E-state index is 12.1. The second-order valence-electron chi connectivity index (χ2n) is 5.25. The van der Waals surface area contributed by atoms with Crippen LogP contribution in [0.15, 0.2) is 29.1 Å². The van der Waals surface area contributed by atoms with Crippen molar-refractivity contribution in [1.29, 1.82) is 0 Å². The summed E-state index contributed by atoms with van der Waals surface area (Å²) in [4.78, 5) is 22.7. The van der Waals surface area contributed by atoms with Crippen LogP contribution < -0.4 is 10.9 Å². The van der Waals surface area contributed by atoms with Crippen LogP contribution in [-0.2, 0) is 0 Å². The van der Waals surface area contributed by atoms with Crippen LogP contribution in [-0.4, -0.2) is 35.3 Å². The monoisotopic (exact) mass is 326 g/mol. The van der Waals surface area contributed by atoms with Crippen LogP contribution in [0.25, 0.3) is 0 Å². The van der Waals surface area contributed by atoms with Gasteiger partial charge in [0, 0.05) is 17.7 Å². The zero-order valence-corrected chi connectivity index (χ0v) is 12.3. The molecule has 2 aromatic heterocycles. The highest BCUT2D eigenvalue weighted by molar-refractivity contribution is 5.64. The molecule has 0 saturated carbocycles. The predicted molar refractivity (Wildman–Crippen MR) is 81.0 cm³/mol. The maximum Gasteiger partial charge on any atom is 0.288 e. The zero-order chi connectivity index (χ0) is 16.8. The number of anilines is 2. The first-order valence-electron chi connectivity index (χ1n) is 6.94. The fourth-order valence-electron chi connectivity index (χ4n) is 2.81. The Morgan fingerprint density at radius 2 is 2.21 bits per heavy atom. The van der Waals surface area contributed by atoms with Crippen LogP contribution in [0.1, 0.15) is 22.9 Å². The number of aromatic amines is 1. The van der Waals surface area contributed by atoms with Gasteiger partial charge in [0.15, 0.2) is 0 Å². The lowest BCUT2D eigenvalue weighted by Crippen LogP contribution is -2.29. The van der Waals surface area contributed by atoms with Crippen LogP contribution >= 0.6 is 0 Å². The first-order chi connectivity index (χ1) is 11.6. The van der Waals surface area contributed by atoms with Gasteiger partial charge in [0.1, 0.15) is 11.7 Å². The molecule has 0 aliphatic carbocycles. The minimum absolute atomic E-state index is 0.0577. The Balaban J connectivity index is 2.01. The second kappa shape index (κ2) is 4.94. The molecule has 0 fully saturated rings. The third-order valence-corrected chi connectivity index (χ3v) is 3.86. The molecule has 120 valence electrons. The van der Waals surface area contributed by atoms with Gasteiger partial charge in [-0.2, -0.15) is 9.78 Å². The molecule has 3 aromatic rings. The van der Waals surface area contributed by atoms with Gasteiger partial charge < -0.3 is 5.32 Å². The van der Waals surface area contributed by atoms with Crippen LogP contribution in [0.4, 0.5) is 17.3 Å². The number of nitro groups is 1. The van der Waals surface area contributed by atoms with Gasteiger partial charge in [-0.25, -0.2) is 5.10 Å². The summed E-state index contributed by atoms with van der Waals surface area (Å²) in [6, 6.07) is 5.54. The molecule has 0 amide bonds. The number of benzene rings is 1. The van der Waals surface area contributed by atoms with E-state index < -0.39 is 16.5 Å². The van der Waals surface area contributed by atoms with Crippen molar-refractivity contribution < 1.29 is 4.92 Å². The largest absolute Gasteiger partial charge is 0.318 e. The number of rotatable bonds is 2. The van der Waals surface area contributed by atoms with E-state index in [4.69, 9.17) is 0 Å². The number of tetrazole rings is 1. The highest BCUT2D eigenvalue weighted by atomic mass is 16.6. The third-order valence-electron chi connectivity index (χ3n) is 3.86. The Morgan fingerprint density at radius 1 is 1.38 bits per heavy atom. The van der Waals surface area contributed by atoms with E-state index in [0.29, 0.717) is 16.8 Å². The van der Waals surface area contributed by atoms with Crippen molar-refractivity contribution in [2.24, 2.45) is 0 Å². The topological polar surface area (TPSA) is 145 Å². The molecule has 0 spiro atoms.